The van der Waals surface area contributed by atoms with Crippen molar-refractivity contribution in [1.29, 1.82) is 0 Å². The van der Waals surface area contributed by atoms with Gasteiger partial charge in [-0.05, 0) is 23.8 Å². The van der Waals surface area contributed by atoms with Crippen LogP contribution in [0.3, 0.4) is 0 Å². The second-order valence-corrected chi connectivity index (χ2v) is 3.36. The van der Waals surface area contributed by atoms with Gasteiger partial charge in [0.1, 0.15) is 0 Å². The number of carbonyl (C=O) groups excluding carboxylic acids is 1. The van der Waals surface area contributed by atoms with E-state index in [2.05, 4.69) is 6.58 Å². The number of hydrogen-bond donors (Lipinski definition) is 0. The van der Waals surface area contributed by atoms with E-state index in [1.807, 2.05) is 0 Å². The summed E-state index contributed by atoms with van der Waals surface area (Å²) < 4.78 is 0. The molecule has 0 unspecified atom stereocenters. The lowest BCUT2D eigenvalue weighted by molar-refractivity contribution is -0.114. The summed E-state index contributed by atoms with van der Waals surface area (Å²) in [6.07, 6.45) is 1.47. The Kier molecular flexibility index (Phi) is 3.52. The van der Waals surface area contributed by atoms with Crippen molar-refractivity contribution in [2.24, 2.45) is 0 Å². The van der Waals surface area contributed by atoms with Crippen LogP contribution in [0, 0.1) is 0 Å². The lowest BCUT2D eigenvalue weighted by atomic mass is 10.1. The first-order valence-electron chi connectivity index (χ1n) is 3.73. The molecule has 1 aromatic rings. The Morgan fingerprint density at radius 1 is 1.38 bits per heavy atom. The molecule has 13 heavy (non-hydrogen) atoms. The molecule has 1 nitrogen and oxygen atoms in total. The fourth-order valence-corrected chi connectivity index (χ4v) is 1.48. The minimum atomic E-state index is -0.0880. The Morgan fingerprint density at radius 2 is 1.92 bits per heavy atom. The Labute approximate surface area is 87.0 Å². The number of carbonyl (C=O) groups is 1. The van der Waals surface area contributed by atoms with Crippen molar-refractivity contribution in [3.05, 3.63) is 46.5 Å². The zero-order valence-electron chi connectivity index (χ0n) is 6.89. The van der Waals surface area contributed by atoms with E-state index in [-0.39, 0.29) is 12.2 Å². The van der Waals surface area contributed by atoms with Gasteiger partial charge in [-0.1, -0.05) is 35.8 Å². The van der Waals surface area contributed by atoms with Gasteiger partial charge < -0.3 is 0 Å². The molecule has 0 saturated heterocycles. The molecular formula is C10H8Cl2O. The van der Waals surface area contributed by atoms with Crippen molar-refractivity contribution in [2.75, 3.05) is 0 Å². The molecule has 0 atom stereocenters. The lowest BCUT2D eigenvalue weighted by Gasteiger charge is -2.03. The van der Waals surface area contributed by atoms with E-state index >= 15 is 0 Å². The molecule has 0 saturated carbocycles. The van der Waals surface area contributed by atoms with Gasteiger partial charge in [0, 0.05) is 16.5 Å². The molecule has 0 spiro atoms. The highest BCUT2D eigenvalue weighted by atomic mass is 35.5. The van der Waals surface area contributed by atoms with Crippen LogP contribution in [-0.2, 0) is 11.2 Å². The summed E-state index contributed by atoms with van der Waals surface area (Å²) in [4.78, 5) is 11.1. The highest BCUT2D eigenvalue weighted by Crippen LogP contribution is 2.24. The molecule has 0 bridgehead atoms. The van der Waals surface area contributed by atoms with Gasteiger partial charge in [-0.25, -0.2) is 0 Å². The van der Waals surface area contributed by atoms with Crippen LogP contribution in [0.4, 0.5) is 0 Å². The van der Waals surface area contributed by atoms with Crippen molar-refractivity contribution in [3.63, 3.8) is 0 Å². The van der Waals surface area contributed by atoms with Crippen LogP contribution >= 0.6 is 23.2 Å². The van der Waals surface area contributed by atoms with Crippen molar-refractivity contribution in [3.8, 4) is 0 Å². The van der Waals surface area contributed by atoms with Crippen molar-refractivity contribution < 1.29 is 4.79 Å². The van der Waals surface area contributed by atoms with Crippen molar-refractivity contribution >= 4 is 29.0 Å². The van der Waals surface area contributed by atoms with Gasteiger partial charge in [0.25, 0.3) is 0 Å². The highest BCUT2D eigenvalue weighted by molar-refractivity contribution is 6.36. The third-order valence-corrected chi connectivity index (χ3v) is 2.35. The summed E-state index contributed by atoms with van der Waals surface area (Å²) in [6, 6.07) is 5.16. The van der Waals surface area contributed by atoms with E-state index in [1.165, 1.54) is 6.08 Å². The van der Waals surface area contributed by atoms with Crippen LogP contribution in [0.5, 0.6) is 0 Å². The van der Waals surface area contributed by atoms with Gasteiger partial charge in [-0.15, -0.1) is 0 Å². The second kappa shape index (κ2) is 4.45. The first-order valence-corrected chi connectivity index (χ1v) is 4.49. The molecule has 0 N–H and O–H groups in total. The maximum atomic E-state index is 11.1. The van der Waals surface area contributed by atoms with Crippen LogP contribution in [0.15, 0.2) is 30.9 Å². The average molecular weight is 215 g/mol. The highest BCUT2D eigenvalue weighted by Gasteiger charge is 2.07. The monoisotopic (exact) mass is 214 g/mol. The fraction of sp³-hybridized carbons (Fsp3) is 0.100. The number of allylic oxidation sites excluding steroid dienone is 1. The molecular weight excluding hydrogens is 207 g/mol. The van der Waals surface area contributed by atoms with Gasteiger partial charge in [0.05, 0.1) is 0 Å². The van der Waals surface area contributed by atoms with Crippen molar-refractivity contribution in [1.82, 2.24) is 0 Å². The van der Waals surface area contributed by atoms with Gasteiger partial charge in [0.15, 0.2) is 5.78 Å². The van der Waals surface area contributed by atoms with Gasteiger partial charge in [-0.3, -0.25) is 4.79 Å². The fourth-order valence-electron chi connectivity index (χ4n) is 0.948. The Balaban J connectivity index is 2.99. The van der Waals surface area contributed by atoms with Gasteiger partial charge in [0.2, 0.25) is 0 Å². The molecule has 0 radical (unpaired) electrons. The van der Waals surface area contributed by atoms with Crippen LogP contribution in [0.1, 0.15) is 5.56 Å². The zero-order chi connectivity index (χ0) is 9.84. The Morgan fingerprint density at radius 3 is 2.38 bits per heavy atom. The van der Waals surface area contributed by atoms with E-state index in [0.29, 0.717) is 15.6 Å². The first-order chi connectivity index (χ1) is 6.15. The quantitative estimate of drug-likeness (QED) is 0.707. The molecule has 1 rings (SSSR count). The van der Waals surface area contributed by atoms with Crippen LogP contribution in [0.2, 0.25) is 10.0 Å². The lowest BCUT2D eigenvalue weighted by Crippen LogP contribution is -1.99. The summed E-state index contributed by atoms with van der Waals surface area (Å²) in [5.41, 5.74) is 0.663. The summed E-state index contributed by atoms with van der Waals surface area (Å²) in [6.45, 7) is 3.38. The topological polar surface area (TPSA) is 17.1 Å². The summed E-state index contributed by atoms with van der Waals surface area (Å²) in [7, 11) is 0. The first kappa shape index (κ1) is 10.3. The molecule has 0 aromatic heterocycles. The van der Waals surface area contributed by atoms with E-state index < -0.39 is 0 Å². The molecule has 0 aliphatic carbocycles. The van der Waals surface area contributed by atoms with Crippen molar-refractivity contribution in [2.45, 2.75) is 6.42 Å². The second-order valence-electron chi connectivity index (χ2n) is 2.55. The van der Waals surface area contributed by atoms with Crippen LogP contribution in [0.25, 0.3) is 0 Å². The van der Waals surface area contributed by atoms with Gasteiger partial charge >= 0.3 is 0 Å². The molecule has 1 aromatic carbocycles. The predicted molar refractivity (Wildman–Crippen MR) is 55.4 cm³/mol. The third-order valence-electron chi connectivity index (χ3n) is 1.64. The molecule has 0 aliphatic heterocycles. The summed E-state index contributed by atoms with van der Waals surface area (Å²) >= 11 is 11.7. The molecule has 0 fully saturated rings. The SMILES string of the molecule is C=CC(=O)Cc1c(Cl)cccc1Cl. The third kappa shape index (κ3) is 2.58. The van der Waals surface area contributed by atoms with Crippen LogP contribution in [-0.4, -0.2) is 5.78 Å². The number of benzene rings is 1. The van der Waals surface area contributed by atoms with Crippen LogP contribution < -0.4 is 0 Å². The number of halogens is 2. The molecule has 0 heterocycles. The van der Waals surface area contributed by atoms with E-state index in [0.717, 1.165) is 0 Å². The molecule has 0 amide bonds. The molecule has 0 aliphatic rings. The smallest absolute Gasteiger partial charge is 0.159 e. The standard InChI is InChI=1S/C10H8Cl2O/c1-2-7(13)6-8-9(11)4-3-5-10(8)12/h2-5H,1,6H2. The summed E-state index contributed by atoms with van der Waals surface area (Å²) in [5, 5.41) is 1.03. The summed E-state index contributed by atoms with van der Waals surface area (Å²) in [5.74, 6) is -0.0880. The van der Waals surface area contributed by atoms with E-state index in [4.69, 9.17) is 23.2 Å². The largest absolute Gasteiger partial charge is 0.295 e. The number of ketones is 1. The van der Waals surface area contributed by atoms with E-state index in [9.17, 15) is 4.79 Å². The predicted octanol–water partition coefficient (Wildman–Crippen LogP) is 3.29. The molecule has 68 valence electrons. The average Bonchev–Trinajstić information content (AvgIpc) is 2.11. The zero-order valence-corrected chi connectivity index (χ0v) is 8.40. The maximum Gasteiger partial charge on any atom is 0.159 e. The van der Waals surface area contributed by atoms with Gasteiger partial charge in [-0.2, -0.15) is 0 Å². The molecule has 3 heteroatoms. The van der Waals surface area contributed by atoms with E-state index in [1.54, 1.807) is 18.2 Å². The Hall–Kier alpha value is -0.790. The maximum absolute atomic E-state index is 11.1. The minimum absolute atomic E-state index is 0.0880. The number of rotatable bonds is 3. The Bertz CT molecular complexity index is 325. The normalized spacial score (nSPS) is 9.69. The number of hydrogen-bond acceptors (Lipinski definition) is 1. The minimum Gasteiger partial charge on any atom is -0.295 e.